The summed E-state index contributed by atoms with van der Waals surface area (Å²) in [5, 5.41) is 0. The lowest BCUT2D eigenvalue weighted by molar-refractivity contribution is 0.334. The maximum Gasteiger partial charge on any atom is 0.240 e. The zero-order valence-corrected chi connectivity index (χ0v) is 16.7. The predicted octanol–water partition coefficient (Wildman–Crippen LogP) is 4.69. The number of rotatable bonds is 7. The molecule has 0 aliphatic rings. The van der Waals surface area contributed by atoms with E-state index in [4.69, 9.17) is 0 Å². The Hall–Kier alpha value is -1.17. The van der Waals surface area contributed by atoms with Crippen LogP contribution in [0.2, 0.25) is 0 Å². The predicted molar refractivity (Wildman–Crippen MR) is 103 cm³/mol. The van der Waals surface area contributed by atoms with Crippen molar-refractivity contribution in [1.82, 2.24) is 4.72 Å². The van der Waals surface area contributed by atoms with Gasteiger partial charge in [0.1, 0.15) is 0 Å². The van der Waals surface area contributed by atoms with Crippen molar-refractivity contribution in [2.45, 2.75) is 38.5 Å². The van der Waals surface area contributed by atoms with E-state index in [2.05, 4.69) is 46.6 Å². The maximum atomic E-state index is 12.4. The Morgan fingerprint density at radius 2 is 1.58 bits per heavy atom. The number of sulfonamides is 1. The van der Waals surface area contributed by atoms with Gasteiger partial charge in [-0.05, 0) is 55.0 Å². The number of halogens is 1. The summed E-state index contributed by atoms with van der Waals surface area (Å²) in [6.45, 7) is 6.53. The molecule has 24 heavy (non-hydrogen) atoms. The van der Waals surface area contributed by atoms with Crippen LogP contribution in [0.15, 0.2) is 57.9 Å². The van der Waals surface area contributed by atoms with Gasteiger partial charge in [0.15, 0.2) is 0 Å². The molecule has 1 N–H and O–H groups in total. The first-order valence-electron chi connectivity index (χ1n) is 7.99. The zero-order valence-electron chi connectivity index (χ0n) is 14.3. The van der Waals surface area contributed by atoms with Crippen molar-refractivity contribution in [2.75, 3.05) is 6.54 Å². The minimum atomic E-state index is -3.45. The van der Waals surface area contributed by atoms with Crippen LogP contribution in [0.25, 0.3) is 0 Å². The third-order valence-corrected chi connectivity index (χ3v) is 6.02. The molecule has 0 amide bonds. The molecule has 0 radical (unpaired) electrons. The molecule has 3 nitrogen and oxygen atoms in total. The van der Waals surface area contributed by atoms with Crippen LogP contribution in [0.5, 0.6) is 0 Å². The highest BCUT2D eigenvalue weighted by molar-refractivity contribution is 9.10. The first kappa shape index (κ1) is 19.2. The molecule has 0 saturated carbocycles. The van der Waals surface area contributed by atoms with Crippen LogP contribution in [-0.4, -0.2) is 15.0 Å². The number of hydrogen-bond acceptors (Lipinski definition) is 2. The van der Waals surface area contributed by atoms with Crippen molar-refractivity contribution < 1.29 is 8.42 Å². The van der Waals surface area contributed by atoms with Crippen molar-refractivity contribution in [3.05, 3.63) is 64.1 Å². The molecule has 0 fully saturated rings. The van der Waals surface area contributed by atoms with Gasteiger partial charge in [0, 0.05) is 11.0 Å². The number of aryl methyl sites for hydroxylation is 2. The van der Waals surface area contributed by atoms with Gasteiger partial charge in [-0.25, -0.2) is 13.1 Å². The molecule has 130 valence electrons. The van der Waals surface area contributed by atoms with Crippen LogP contribution in [0.1, 0.15) is 31.4 Å². The zero-order chi connectivity index (χ0) is 17.8. The molecule has 0 unspecified atom stereocenters. The number of benzene rings is 2. The summed E-state index contributed by atoms with van der Waals surface area (Å²) in [4.78, 5) is 0.316. The Morgan fingerprint density at radius 1 is 1.00 bits per heavy atom. The monoisotopic (exact) mass is 409 g/mol. The first-order chi connectivity index (χ1) is 11.2. The molecule has 5 heteroatoms. The lowest BCUT2D eigenvalue weighted by Crippen LogP contribution is -2.34. The average molecular weight is 410 g/mol. The number of nitrogens with one attached hydrogen (secondary N) is 1. The fourth-order valence-electron chi connectivity index (χ4n) is 2.31. The van der Waals surface area contributed by atoms with Crippen molar-refractivity contribution in [1.29, 1.82) is 0 Å². The Morgan fingerprint density at radius 3 is 2.17 bits per heavy atom. The minimum Gasteiger partial charge on any atom is -0.211 e. The molecule has 0 bridgehead atoms. The van der Waals surface area contributed by atoms with Gasteiger partial charge >= 0.3 is 0 Å². The lowest BCUT2D eigenvalue weighted by atomic mass is 9.86. The largest absolute Gasteiger partial charge is 0.240 e. The molecule has 0 aromatic heterocycles. The molecule has 0 aliphatic carbocycles. The SMILES string of the molecule is Cc1ccc(S(=O)(=O)NCC(C)(C)CCc2ccc(Br)cc2)cc1. The van der Waals surface area contributed by atoms with E-state index < -0.39 is 10.0 Å². The molecule has 0 spiro atoms. The highest BCUT2D eigenvalue weighted by atomic mass is 79.9. The van der Waals surface area contributed by atoms with E-state index in [1.165, 1.54) is 5.56 Å². The third-order valence-electron chi connectivity index (χ3n) is 4.08. The van der Waals surface area contributed by atoms with Gasteiger partial charge in [0.25, 0.3) is 0 Å². The molecule has 2 aromatic rings. The van der Waals surface area contributed by atoms with E-state index in [0.29, 0.717) is 11.4 Å². The van der Waals surface area contributed by atoms with Gasteiger partial charge < -0.3 is 0 Å². The second-order valence-electron chi connectivity index (χ2n) is 6.93. The topological polar surface area (TPSA) is 46.2 Å². The van der Waals surface area contributed by atoms with E-state index in [9.17, 15) is 8.42 Å². The van der Waals surface area contributed by atoms with Gasteiger partial charge in [0.2, 0.25) is 10.0 Å². The summed E-state index contributed by atoms with van der Waals surface area (Å²) in [5.41, 5.74) is 2.18. The normalized spacial score (nSPS) is 12.3. The van der Waals surface area contributed by atoms with Gasteiger partial charge in [0.05, 0.1) is 4.90 Å². The Balaban J connectivity index is 1.93. The van der Waals surface area contributed by atoms with Gasteiger partial charge in [-0.2, -0.15) is 0 Å². The Labute approximate surface area is 153 Å². The van der Waals surface area contributed by atoms with Crippen LogP contribution >= 0.6 is 15.9 Å². The summed E-state index contributed by atoms with van der Waals surface area (Å²) >= 11 is 3.43. The summed E-state index contributed by atoms with van der Waals surface area (Å²) < 4.78 is 28.6. The van der Waals surface area contributed by atoms with Crippen molar-refractivity contribution in [2.24, 2.45) is 5.41 Å². The summed E-state index contributed by atoms with van der Waals surface area (Å²) in [6, 6.07) is 15.2. The summed E-state index contributed by atoms with van der Waals surface area (Å²) in [7, 11) is -3.45. The molecule has 2 rings (SSSR count). The highest BCUT2D eigenvalue weighted by Gasteiger charge is 2.22. The average Bonchev–Trinajstić information content (AvgIpc) is 2.53. The molecule has 0 heterocycles. The van der Waals surface area contributed by atoms with Gasteiger partial charge in [-0.3, -0.25) is 0 Å². The third kappa shape index (κ3) is 5.72. The smallest absolute Gasteiger partial charge is 0.211 e. The molecule has 2 aromatic carbocycles. The number of hydrogen-bond donors (Lipinski definition) is 1. The van der Waals surface area contributed by atoms with Crippen LogP contribution in [0.3, 0.4) is 0 Å². The highest BCUT2D eigenvalue weighted by Crippen LogP contribution is 2.23. The second-order valence-corrected chi connectivity index (χ2v) is 9.61. The summed E-state index contributed by atoms with van der Waals surface area (Å²) in [5.74, 6) is 0. The van der Waals surface area contributed by atoms with E-state index in [1.807, 2.05) is 31.2 Å². The lowest BCUT2D eigenvalue weighted by Gasteiger charge is -2.25. The molecular formula is C19H24BrNO2S. The van der Waals surface area contributed by atoms with Crippen molar-refractivity contribution in [3.8, 4) is 0 Å². The summed E-state index contributed by atoms with van der Waals surface area (Å²) in [6.07, 6.45) is 1.83. The van der Waals surface area contributed by atoms with Crippen LogP contribution in [-0.2, 0) is 16.4 Å². The van der Waals surface area contributed by atoms with E-state index in [1.54, 1.807) is 12.1 Å². The van der Waals surface area contributed by atoms with Crippen molar-refractivity contribution in [3.63, 3.8) is 0 Å². The van der Waals surface area contributed by atoms with Crippen molar-refractivity contribution >= 4 is 26.0 Å². The molecule has 0 atom stereocenters. The van der Waals surface area contributed by atoms with Gasteiger partial charge in [-0.1, -0.05) is 59.6 Å². The van der Waals surface area contributed by atoms with Crippen LogP contribution < -0.4 is 4.72 Å². The quantitative estimate of drug-likeness (QED) is 0.720. The van der Waals surface area contributed by atoms with Crippen LogP contribution in [0, 0.1) is 12.3 Å². The van der Waals surface area contributed by atoms with E-state index in [-0.39, 0.29) is 5.41 Å². The Bertz CT molecular complexity index is 766. The molecular weight excluding hydrogens is 386 g/mol. The fraction of sp³-hybridized carbons (Fsp3) is 0.368. The Kier molecular flexibility index (Phi) is 6.23. The minimum absolute atomic E-state index is 0.120. The van der Waals surface area contributed by atoms with E-state index >= 15 is 0 Å². The second kappa shape index (κ2) is 7.81. The standard InChI is InChI=1S/C19H24BrNO2S/c1-15-4-10-18(11-5-15)24(22,23)21-14-19(2,3)13-12-16-6-8-17(20)9-7-16/h4-11,21H,12-14H2,1-3H3. The van der Waals surface area contributed by atoms with Gasteiger partial charge in [-0.15, -0.1) is 0 Å². The first-order valence-corrected chi connectivity index (χ1v) is 10.3. The molecule has 0 aliphatic heterocycles. The fourth-order valence-corrected chi connectivity index (χ4v) is 3.82. The molecule has 0 saturated heterocycles. The maximum absolute atomic E-state index is 12.4. The van der Waals surface area contributed by atoms with E-state index in [0.717, 1.165) is 22.9 Å². The van der Waals surface area contributed by atoms with Crippen LogP contribution in [0.4, 0.5) is 0 Å².